The Morgan fingerprint density at radius 1 is 1.42 bits per heavy atom. The smallest absolute Gasteiger partial charge is 0.307 e. The van der Waals surface area contributed by atoms with Crippen molar-refractivity contribution in [2.45, 2.75) is 39.2 Å². The van der Waals surface area contributed by atoms with Gasteiger partial charge in [-0.15, -0.1) is 11.3 Å². The number of carbonyl (C=O) groups excluding carboxylic acids is 1. The number of aryl methyl sites for hydroxylation is 1. The molecule has 2 rings (SSSR count). The van der Waals surface area contributed by atoms with Gasteiger partial charge in [0.15, 0.2) is 0 Å². The van der Waals surface area contributed by atoms with E-state index in [1.807, 2.05) is 12.3 Å². The van der Waals surface area contributed by atoms with E-state index in [0.29, 0.717) is 19.4 Å². The van der Waals surface area contributed by atoms with Crippen molar-refractivity contribution in [1.29, 1.82) is 0 Å². The minimum atomic E-state index is -0.857. The largest absolute Gasteiger partial charge is 0.481 e. The molecule has 1 aromatic heterocycles. The summed E-state index contributed by atoms with van der Waals surface area (Å²) in [6.45, 7) is 2.30. The Labute approximate surface area is 116 Å². The first kappa shape index (κ1) is 14.0. The zero-order chi connectivity index (χ0) is 13.8. The van der Waals surface area contributed by atoms with Crippen LogP contribution in [0.4, 0.5) is 0 Å². The van der Waals surface area contributed by atoms with Crippen molar-refractivity contribution in [2.24, 2.45) is 11.8 Å². The van der Waals surface area contributed by atoms with Gasteiger partial charge in [-0.3, -0.25) is 9.59 Å². The van der Waals surface area contributed by atoms with E-state index in [2.05, 4.69) is 10.3 Å². The third-order valence-electron chi connectivity index (χ3n) is 3.53. The molecule has 1 amide bonds. The molecular formula is C13H18N2O3S. The van der Waals surface area contributed by atoms with Crippen molar-refractivity contribution >= 4 is 23.2 Å². The van der Waals surface area contributed by atoms with Gasteiger partial charge in [-0.2, -0.15) is 0 Å². The molecule has 1 aromatic rings. The molecule has 0 aromatic carbocycles. The average molecular weight is 282 g/mol. The van der Waals surface area contributed by atoms with Gasteiger partial charge in [-0.05, 0) is 19.8 Å². The van der Waals surface area contributed by atoms with Crippen LogP contribution in [0.3, 0.4) is 0 Å². The van der Waals surface area contributed by atoms with E-state index >= 15 is 0 Å². The molecule has 2 unspecified atom stereocenters. The zero-order valence-corrected chi connectivity index (χ0v) is 11.7. The van der Waals surface area contributed by atoms with Crippen molar-refractivity contribution in [1.82, 2.24) is 10.3 Å². The number of aromatic nitrogens is 1. The molecule has 0 saturated heterocycles. The normalized spacial score (nSPS) is 23.0. The summed E-state index contributed by atoms with van der Waals surface area (Å²) >= 11 is 1.54. The fourth-order valence-electron chi connectivity index (χ4n) is 2.54. The third-order valence-corrected chi connectivity index (χ3v) is 4.35. The van der Waals surface area contributed by atoms with Crippen LogP contribution in [0.15, 0.2) is 5.38 Å². The van der Waals surface area contributed by atoms with E-state index in [-0.39, 0.29) is 5.91 Å². The molecular weight excluding hydrogens is 264 g/mol. The number of nitrogens with zero attached hydrogens (tertiary/aromatic N) is 1. The van der Waals surface area contributed by atoms with E-state index in [0.717, 1.165) is 23.5 Å². The Bertz CT molecular complexity index is 472. The lowest BCUT2D eigenvalue weighted by Gasteiger charge is -2.27. The molecule has 19 heavy (non-hydrogen) atoms. The van der Waals surface area contributed by atoms with E-state index in [9.17, 15) is 9.59 Å². The lowest BCUT2D eigenvalue weighted by atomic mass is 9.79. The summed E-state index contributed by atoms with van der Waals surface area (Å²) in [6, 6.07) is 0. The van der Waals surface area contributed by atoms with Crippen LogP contribution >= 0.6 is 11.3 Å². The van der Waals surface area contributed by atoms with Crippen LogP contribution in [-0.2, 0) is 16.1 Å². The first-order chi connectivity index (χ1) is 9.08. The molecule has 1 aliphatic rings. The summed E-state index contributed by atoms with van der Waals surface area (Å²) in [6.07, 6.45) is 3.09. The highest BCUT2D eigenvalue weighted by Gasteiger charge is 2.35. The standard InChI is InChI=1S/C13H18N2O3S/c1-8-15-9(7-19-8)6-14-12(16)10-4-2-3-5-11(10)13(17)18/h7,10-11H,2-6H2,1H3,(H,14,16)(H,17,18). The highest BCUT2D eigenvalue weighted by Crippen LogP contribution is 2.30. The summed E-state index contributed by atoms with van der Waals surface area (Å²) in [5, 5.41) is 14.8. The van der Waals surface area contributed by atoms with Crippen molar-refractivity contribution in [3.05, 3.63) is 16.1 Å². The summed E-state index contributed by atoms with van der Waals surface area (Å²) in [4.78, 5) is 27.5. The van der Waals surface area contributed by atoms with Crippen LogP contribution < -0.4 is 5.32 Å². The molecule has 1 saturated carbocycles. The van der Waals surface area contributed by atoms with Gasteiger partial charge in [0, 0.05) is 5.38 Å². The molecule has 1 aliphatic carbocycles. The van der Waals surface area contributed by atoms with Crippen molar-refractivity contribution in [2.75, 3.05) is 0 Å². The minimum absolute atomic E-state index is 0.155. The van der Waals surface area contributed by atoms with Gasteiger partial charge < -0.3 is 10.4 Å². The molecule has 2 atom stereocenters. The van der Waals surface area contributed by atoms with Gasteiger partial charge in [0.05, 0.1) is 29.1 Å². The zero-order valence-electron chi connectivity index (χ0n) is 10.9. The predicted molar refractivity (Wildman–Crippen MR) is 71.8 cm³/mol. The molecule has 0 bridgehead atoms. The molecule has 0 aliphatic heterocycles. The van der Waals surface area contributed by atoms with Gasteiger partial charge in [-0.25, -0.2) is 4.98 Å². The maximum atomic E-state index is 12.1. The predicted octanol–water partition coefficient (Wildman–Crippen LogP) is 1.96. The lowest BCUT2D eigenvalue weighted by Crippen LogP contribution is -2.39. The molecule has 5 nitrogen and oxygen atoms in total. The van der Waals surface area contributed by atoms with E-state index in [1.165, 1.54) is 0 Å². The van der Waals surface area contributed by atoms with Crippen molar-refractivity contribution < 1.29 is 14.7 Å². The Morgan fingerprint density at radius 3 is 2.68 bits per heavy atom. The maximum Gasteiger partial charge on any atom is 0.307 e. The third kappa shape index (κ3) is 3.53. The summed E-state index contributed by atoms with van der Waals surface area (Å²) in [7, 11) is 0. The van der Waals surface area contributed by atoms with Gasteiger partial charge in [0.1, 0.15) is 0 Å². The second kappa shape index (κ2) is 6.14. The number of hydrogen-bond donors (Lipinski definition) is 2. The SMILES string of the molecule is Cc1nc(CNC(=O)C2CCCCC2C(=O)O)cs1. The first-order valence-corrected chi connectivity index (χ1v) is 7.37. The number of carbonyl (C=O) groups is 2. The fraction of sp³-hybridized carbons (Fsp3) is 0.615. The molecule has 0 spiro atoms. The maximum absolute atomic E-state index is 12.1. The highest BCUT2D eigenvalue weighted by atomic mass is 32.1. The molecule has 1 heterocycles. The summed E-state index contributed by atoms with van der Waals surface area (Å²) < 4.78 is 0. The van der Waals surface area contributed by atoms with Crippen molar-refractivity contribution in [3.8, 4) is 0 Å². The number of rotatable bonds is 4. The van der Waals surface area contributed by atoms with Crippen LogP contribution in [-0.4, -0.2) is 22.0 Å². The van der Waals surface area contributed by atoms with Crippen LogP contribution in [0.25, 0.3) is 0 Å². The van der Waals surface area contributed by atoms with Crippen LogP contribution in [0.5, 0.6) is 0 Å². The molecule has 104 valence electrons. The van der Waals surface area contributed by atoms with Crippen LogP contribution in [0.2, 0.25) is 0 Å². The average Bonchev–Trinajstić information content (AvgIpc) is 2.81. The number of amides is 1. The van der Waals surface area contributed by atoms with Crippen LogP contribution in [0.1, 0.15) is 36.4 Å². The minimum Gasteiger partial charge on any atom is -0.481 e. The van der Waals surface area contributed by atoms with Gasteiger partial charge >= 0.3 is 5.97 Å². The topological polar surface area (TPSA) is 79.3 Å². The number of carboxylic acids is 1. The van der Waals surface area contributed by atoms with E-state index in [4.69, 9.17) is 5.11 Å². The number of nitrogens with one attached hydrogen (secondary N) is 1. The van der Waals surface area contributed by atoms with Crippen molar-refractivity contribution in [3.63, 3.8) is 0 Å². The number of carboxylic acid groups (broad SMARTS) is 1. The Morgan fingerprint density at radius 2 is 2.11 bits per heavy atom. The quantitative estimate of drug-likeness (QED) is 0.884. The van der Waals surface area contributed by atoms with Gasteiger partial charge in [0.25, 0.3) is 0 Å². The Kier molecular flexibility index (Phi) is 4.52. The monoisotopic (exact) mass is 282 g/mol. The second-order valence-electron chi connectivity index (χ2n) is 4.91. The Balaban J connectivity index is 1.92. The highest BCUT2D eigenvalue weighted by molar-refractivity contribution is 7.09. The summed E-state index contributed by atoms with van der Waals surface area (Å²) in [5.41, 5.74) is 0.832. The molecule has 2 N–H and O–H groups in total. The van der Waals surface area contributed by atoms with E-state index < -0.39 is 17.8 Å². The number of aliphatic carboxylic acids is 1. The Hall–Kier alpha value is -1.43. The van der Waals surface area contributed by atoms with Gasteiger partial charge in [0.2, 0.25) is 5.91 Å². The molecule has 1 fully saturated rings. The van der Waals surface area contributed by atoms with E-state index in [1.54, 1.807) is 11.3 Å². The van der Waals surface area contributed by atoms with Crippen LogP contribution in [0, 0.1) is 18.8 Å². The summed E-state index contributed by atoms with van der Waals surface area (Å²) in [5.74, 6) is -1.95. The molecule has 0 radical (unpaired) electrons. The second-order valence-corrected chi connectivity index (χ2v) is 5.97. The fourth-order valence-corrected chi connectivity index (χ4v) is 3.15. The first-order valence-electron chi connectivity index (χ1n) is 6.49. The lowest BCUT2D eigenvalue weighted by molar-refractivity contribution is -0.148. The van der Waals surface area contributed by atoms with Gasteiger partial charge in [-0.1, -0.05) is 12.8 Å². The number of hydrogen-bond acceptors (Lipinski definition) is 4. The molecule has 6 heteroatoms. The number of thiazole rings is 1.